The fourth-order valence-corrected chi connectivity index (χ4v) is 4.82. The van der Waals surface area contributed by atoms with E-state index in [1.807, 2.05) is 78.2 Å². The highest BCUT2D eigenvalue weighted by Crippen LogP contribution is 2.37. The predicted octanol–water partition coefficient (Wildman–Crippen LogP) is 4.62. The minimum Gasteiger partial charge on any atom is -0.495 e. The standard InChI is InChI=1S/C29H31N3O4/c1-19-12-13-23(14-20(19)2)36-18-22(33)17-32-25-9-5-4-8-24(25)30-29(32)21-15-28(34)31(16-21)26-10-6-7-11-27(26)35-3/h4-14,21-22,33H,15-18H2,1-3H3/t21-,22+/m1/s1. The molecule has 0 bridgehead atoms. The number of methoxy groups -OCH3 is 1. The highest BCUT2D eigenvalue weighted by Gasteiger charge is 2.36. The lowest BCUT2D eigenvalue weighted by Gasteiger charge is -2.20. The zero-order valence-electron chi connectivity index (χ0n) is 20.8. The fraction of sp³-hybridized carbons (Fsp3) is 0.310. The molecule has 36 heavy (non-hydrogen) atoms. The number of imidazole rings is 1. The van der Waals surface area contributed by atoms with Crippen LogP contribution in [0.4, 0.5) is 5.69 Å². The number of aliphatic hydroxyl groups excluding tert-OH is 1. The van der Waals surface area contributed by atoms with Crippen LogP contribution in [0.3, 0.4) is 0 Å². The number of aromatic nitrogens is 2. The van der Waals surface area contributed by atoms with Crippen LogP contribution < -0.4 is 14.4 Å². The summed E-state index contributed by atoms with van der Waals surface area (Å²) in [6.07, 6.45) is -0.401. The molecule has 7 nitrogen and oxygen atoms in total. The summed E-state index contributed by atoms with van der Waals surface area (Å²) in [6, 6.07) is 21.3. The molecule has 1 amide bonds. The quantitative estimate of drug-likeness (QED) is 0.394. The van der Waals surface area contributed by atoms with Crippen molar-refractivity contribution in [3.8, 4) is 11.5 Å². The number of anilines is 1. The molecule has 0 unspecified atom stereocenters. The Hall–Kier alpha value is -3.84. The Morgan fingerprint density at radius 3 is 2.64 bits per heavy atom. The molecule has 0 radical (unpaired) electrons. The first-order valence-corrected chi connectivity index (χ1v) is 12.2. The van der Waals surface area contributed by atoms with Gasteiger partial charge in [0.2, 0.25) is 5.91 Å². The third kappa shape index (κ3) is 4.66. The Bertz CT molecular complexity index is 1400. The van der Waals surface area contributed by atoms with Crippen molar-refractivity contribution in [2.75, 3.05) is 25.2 Å². The van der Waals surface area contributed by atoms with Gasteiger partial charge in [-0.3, -0.25) is 4.79 Å². The number of amides is 1. The van der Waals surface area contributed by atoms with Crippen LogP contribution >= 0.6 is 0 Å². The largest absolute Gasteiger partial charge is 0.495 e. The van der Waals surface area contributed by atoms with Crippen molar-refractivity contribution in [3.05, 3.63) is 83.7 Å². The van der Waals surface area contributed by atoms with E-state index in [-0.39, 0.29) is 18.4 Å². The molecular weight excluding hydrogens is 454 g/mol. The lowest BCUT2D eigenvalue weighted by atomic mass is 10.1. The predicted molar refractivity (Wildman–Crippen MR) is 140 cm³/mol. The van der Waals surface area contributed by atoms with Gasteiger partial charge in [0.25, 0.3) is 0 Å². The molecular formula is C29H31N3O4. The SMILES string of the molecule is COc1ccccc1N1C[C@H](c2nc3ccccc3n2C[C@H](O)COc2ccc(C)c(C)c2)CC1=O. The van der Waals surface area contributed by atoms with Crippen LogP contribution in [0.1, 0.15) is 29.3 Å². The normalized spacial score (nSPS) is 16.5. The number of ether oxygens (including phenoxy) is 2. The van der Waals surface area contributed by atoms with E-state index in [9.17, 15) is 9.90 Å². The number of aryl methyl sites for hydroxylation is 2. The maximum absolute atomic E-state index is 13.1. The molecule has 7 heteroatoms. The van der Waals surface area contributed by atoms with Crippen molar-refractivity contribution in [3.63, 3.8) is 0 Å². The van der Waals surface area contributed by atoms with Gasteiger partial charge in [-0.15, -0.1) is 0 Å². The molecule has 5 rings (SSSR count). The summed E-state index contributed by atoms with van der Waals surface area (Å²) in [7, 11) is 1.61. The topological polar surface area (TPSA) is 76.8 Å². The molecule has 2 atom stereocenters. The molecule has 0 aliphatic carbocycles. The first kappa shape index (κ1) is 23.9. The lowest BCUT2D eigenvalue weighted by Crippen LogP contribution is -2.26. The number of aliphatic hydroxyl groups is 1. The van der Waals surface area contributed by atoms with Gasteiger partial charge in [-0.1, -0.05) is 30.3 Å². The fourth-order valence-electron chi connectivity index (χ4n) is 4.82. The Morgan fingerprint density at radius 1 is 1.06 bits per heavy atom. The number of hydrogen-bond donors (Lipinski definition) is 1. The summed E-state index contributed by atoms with van der Waals surface area (Å²) in [4.78, 5) is 19.7. The Kier molecular flexibility index (Phi) is 6.65. The molecule has 1 aromatic heterocycles. The third-order valence-electron chi connectivity index (χ3n) is 6.86. The Morgan fingerprint density at radius 2 is 1.83 bits per heavy atom. The van der Waals surface area contributed by atoms with Crippen LogP contribution in [0.25, 0.3) is 11.0 Å². The summed E-state index contributed by atoms with van der Waals surface area (Å²) in [5.41, 5.74) is 4.89. The average molecular weight is 486 g/mol. The number of nitrogens with zero attached hydrogens (tertiary/aromatic N) is 3. The Balaban J connectivity index is 1.38. The number of rotatable bonds is 8. The molecule has 1 fully saturated rings. The highest BCUT2D eigenvalue weighted by atomic mass is 16.5. The van der Waals surface area contributed by atoms with Gasteiger partial charge in [0.15, 0.2) is 0 Å². The summed E-state index contributed by atoms with van der Waals surface area (Å²) < 4.78 is 13.4. The maximum atomic E-state index is 13.1. The molecule has 1 aliphatic rings. The van der Waals surface area contributed by atoms with Crippen molar-refractivity contribution >= 4 is 22.6 Å². The van der Waals surface area contributed by atoms with Gasteiger partial charge in [0, 0.05) is 18.9 Å². The van der Waals surface area contributed by atoms with Crippen molar-refractivity contribution in [1.29, 1.82) is 0 Å². The van der Waals surface area contributed by atoms with Crippen LogP contribution in [0.15, 0.2) is 66.7 Å². The van der Waals surface area contributed by atoms with Crippen LogP contribution in [0, 0.1) is 13.8 Å². The number of carbonyl (C=O) groups is 1. The van der Waals surface area contributed by atoms with E-state index in [0.717, 1.165) is 33.9 Å². The molecule has 2 heterocycles. The van der Waals surface area contributed by atoms with Crippen molar-refractivity contribution in [1.82, 2.24) is 9.55 Å². The number of hydrogen-bond acceptors (Lipinski definition) is 5. The van der Waals surface area contributed by atoms with Gasteiger partial charge in [-0.2, -0.15) is 0 Å². The number of benzene rings is 3. The van der Waals surface area contributed by atoms with E-state index >= 15 is 0 Å². The van der Waals surface area contributed by atoms with Gasteiger partial charge in [-0.05, 0) is 61.4 Å². The molecule has 1 aliphatic heterocycles. The number of fused-ring (bicyclic) bond motifs is 1. The number of carbonyl (C=O) groups excluding carboxylic acids is 1. The molecule has 186 valence electrons. The number of para-hydroxylation sites is 4. The van der Waals surface area contributed by atoms with Crippen molar-refractivity contribution < 1.29 is 19.4 Å². The van der Waals surface area contributed by atoms with E-state index < -0.39 is 6.10 Å². The Labute approximate surface area is 210 Å². The van der Waals surface area contributed by atoms with Gasteiger partial charge in [0.05, 0.1) is 30.4 Å². The maximum Gasteiger partial charge on any atom is 0.227 e. The van der Waals surface area contributed by atoms with Crippen LogP contribution in [-0.2, 0) is 11.3 Å². The minimum absolute atomic E-state index is 0.0294. The first-order chi connectivity index (χ1) is 17.4. The second-order valence-corrected chi connectivity index (χ2v) is 9.36. The van der Waals surface area contributed by atoms with E-state index in [0.29, 0.717) is 25.3 Å². The lowest BCUT2D eigenvalue weighted by molar-refractivity contribution is -0.117. The molecule has 0 spiro atoms. The molecule has 1 N–H and O–H groups in total. The first-order valence-electron chi connectivity index (χ1n) is 12.2. The van der Waals surface area contributed by atoms with Crippen molar-refractivity contribution in [2.24, 2.45) is 0 Å². The van der Waals surface area contributed by atoms with Crippen LogP contribution in [0.5, 0.6) is 11.5 Å². The zero-order valence-corrected chi connectivity index (χ0v) is 20.8. The zero-order chi connectivity index (χ0) is 25.2. The second-order valence-electron chi connectivity index (χ2n) is 9.36. The minimum atomic E-state index is -0.745. The molecule has 1 saturated heterocycles. The smallest absolute Gasteiger partial charge is 0.227 e. The van der Waals surface area contributed by atoms with E-state index in [1.54, 1.807) is 12.0 Å². The van der Waals surface area contributed by atoms with E-state index in [1.165, 1.54) is 5.56 Å². The molecule has 3 aromatic carbocycles. The highest BCUT2D eigenvalue weighted by molar-refractivity contribution is 5.97. The van der Waals surface area contributed by atoms with Gasteiger partial charge >= 0.3 is 0 Å². The van der Waals surface area contributed by atoms with Crippen LogP contribution in [0.2, 0.25) is 0 Å². The van der Waals surface area contributed by atoms with E-state index in [2.05, 4.69) is 6.92 Å². The monoisotopic (exact) mass is 485 g/mol. The summed E-state index contributed by atoms with van der Waals surface area (Å²) in [6.45, 7) is 5.07. The van der Waals surface area contributed by atoms with Gasteiger partial charge in [-0.25, -0.2) is 4.98 Å². The van der Waals surface area contributed by atoms with Crippen molar-refractivity contribution in [2.45, 2.75) is 38.8 Å². The second kappa shape index (κ2) is 10.0. The van der Waals surface area contributed by atoms with Gasteiger partial charge in [0.1, 0.15) is 30.0 Å². The van der Waals surface area contributed by atoms with E-state index in [4.69, 9.17) is 14.5 Å². The summed E-state index contributed by atoms with van der Waals surface area (Å²) in [5, 5.41) is 10.9. The van der Waals surface area contributed by atoms with Crippen LogP contribution in [-0.4, -0.2) is 46.9 Å². The average Bonchev–Trinajstić information content (AvgIpc) is 3.45. The molecule has 4 aromatic rings. The third-order valence-corrected chi connectivity index (χ3v) is 6.86. The molecule has 0 saturated carbocycles. The summed E-state index contributed by atoms with van der Waals surface area (Å²) >= 11 is 0. The van der Waals surface area contributed by atoms with Gasteiger partial charge < -0.3 is 24.0 Å². The summed E-state index contributed by atoms with van der Waals surface area (Å²) in [5.74, 6) is 2.12.